The summed E-state index contributed by atoms with van der Waals surface area (Å²) in [6, 6.07) is 7.22. The first-order valence-electron chi connectivity index (χ1n) is 9.12. The molecule has 0 spiro atoms. The van der Waals surface area contributed by atoms with Gasteiger partial charge in [-0.2, -0.15) is 0 Å². The topological polar surface area (TPSA) is 46.6 Å². The van der Waals surface area contributed by atoms with Gasteiger partial charge in [0.05, 0.1) is 24.6 Å². The third kappa shape index (κ3) is 1.94. The molecule has 2 amide bonds. The lowest BCUT2D eigenvalue weighted by Gasteiger charge is -2.20. The molecular weight excluding hydrogens is 314 g/mol. The molecule has 4 heteroatoms. The predicted octanol–water partition coefficient (Wildman–Crippen LogP) is 3.49. The quantitative estimate of drug-likeness (QED) is 0.614. The Morgan fingerprint density at radius 1 is 1.00 bits per heavy atom. The Hall–Kier alpha value is -2.36. The van der Waals surface area contributed by atoms with Gasteiger partial charge in [-0.05, 0) is 37.8 Å². The van der Waals surface area contributed by atoms with Crippen molar-refractivity contribution in [2.75, 3.05) is 12.0 Å². The Bertz CT molecular complexity index is 795. The molecule has 1 aliphatic heterocycles. The van der Waals surface area contributed by atoms with Crippen LogP contribution in [0.5, 0.6) is 5.75 Å². The van der Waals surface area contributed by atoms with Crippen molar-refractivity contribution >= 4 is 17.5 Å². The number of rotatable bonds is 2. The van der Waals surface area contributed by atoms with Crippen molar-refractivity contribution in [3.8, 4) is 5.75 Å². The van der Waals surface area contributed by atoms with Crippen LogP contribution in [0.2, 0.25) is 0 Å². The number of amides is 2. The minimum atomic E-state index is -0.211. The summed E-state index contributed by atoms with van der Waals surface area (Å²) in [5.41, 5.74) is 3.54. The molecule has 1 saturated heterocycles. The molecule has 1 aromatic rings. The van der Waals surface area contributed by atoms with Crippen molar-refractivity contribution in [2.45, 2.75) is 25.7 Å². The second-order valence-corrected chi connectivity index (χ2v) is 7.47. The molecule has 4 nitrogen and oxygen atoms in total. The average molecular weight is 335 g/mol. The van der Waals surface area contributed by atoms with Crippen molar-refractivity contribution in [3.63, 3.8) is 0 Å². The average Bonchev–Trinajstić information content (AvgIpc) is 3.38. The molecule has 0 unspecified atom stereocenters. The van der Waals surface area contributed by atoms with Crippen molar-refractivity contribution in [3.05, 3.63) is 47.6 Å². The van der Waals surface area contributed by atoms with E-state index in [1.807, 2.05) is 18.2 Å². The molecule has 4 aliphatic rings. The molecular formula is C21H21NO3. The van der Waals surface area contributed by atoms with Crippen LogP contribution < -0.4 is 9.64 Å². The minimum absolute atomic E-state index is 0.0452. The molecule has 3 aliphatic carbocycles. The Morgan fingerprint density at radius 2 is 1.64 bits per heavy atom. The van der Waals surface area contributed by atoms with Gasteiger partial charge < -0.3 is 4.74 Å². The number of ether oxygens (including phenoxy) is 1. The number of hydrogen-bond acceptors (Lipinski definition) is 3. The Kier molecular flexibility index (Phi) is 3.18. The zero-order valence-corrected chi connectivity index (χ0v) is 14.3. The number of benzene rings is 1. The van der Waals surface area contributed by atoms with Gasteiger partial charge in [-0.15, -0.1) is 0 Å². The van der Waals surface area contributed by atoms with Crippen LogP contribution in [-0.2, 0) is 9.59 Å². The van der Waals surface area contributed by atoms with Gasteiger partial charge >= 0.3 is 0 Å². The SMILES string of the molecule is COc1cccc(N2C(=O)[C@@H]3[C@@H](C2=O)[C@H]2C=C[C@H]3C2=C2CCCC2)c1. The molecule has 3 fully saturated rings. The first-order chi connectivity index (χ1) is 12.2. The van der Waals surface area contributed by atoms with Gasteiger partial charge in [-0.25, -0.2) is 4.90 Å². The van der Waals surface area contributed by atoms with Crippen LogP contribution in [0.1, 0.15) is 25.7 Å². The highest BCUT2D eigenvalue weighted by atomic mass is 16.5. The lowest BCUT2D eigenvalue weighted by molar-refractivity contribution is -0.122. The van der Waals surface area contributed by atoms with Crippen LogP contribution in [0.3, 0.4) is 0 Å². The molecule has 1 aromatic carbocycles. The summed E-state index contributed by atoms with van der Waals surface area (Å²) in [5, 5.41) is 0. The maximum Gasteiger partial charge on any atom is 0.238 e. The number of carbonyl (C=O) groups excluding carboxylic acids is 2. The Balaban J connectivity index is 1.54. The lowest BCUT2D eigenvalue weighted by atomic mass is 9.85. The standard InChI is InChI=1S/C21H21NO3/c1-25-14-8-4-7-13(11-14)22-20(23)18-15-9-10-16(19(18)21(22)24)17(15)12-5-2-3-6-12/h4,7-11,15-16,18-19H,2-3,5-6H2,1H3/t15-,16-,18-,19-/m0/s1. The zero-order valence-electron chi connectivity index (χ0n) is 14.3. The van der Waals surface area contributed by atoms with Crippen molar-refractivity contribution in [2.24, 2.45) is 23.7 Å². The van der Waals surface area contributed by atoms with Gasteiger partial charge in [-0.3, -0.25) is 9.59 Å². The van der Waals surface area contributed by atoms with Gasteiger partial charge in [0.25, 0.3) is 0 Å². The number of nitrogens with zero attached hydrogens (tertiary/aromatic N) is 1. The van der Waals surface area contributed by atoms with E-state index in [2.05, 4.69) is 12.2 Å². The molecule has 128 valence electrons. The minimum Gasteiger partial charge on any atom is -0.497 e. The van der Waals surface area contributed by atoms with Gasteiger partial charge in [0, 0.05) is 17.9 Å². The normalized spacial score (nSPS) is 32.9. The van der Waals surface area contributed by atoms with Gasteiger partial charge in [0.2, 0.25) is 11.8 Å². The van der Waals surface area contributed by atoms with Gasteiger partial charge in [-0.1, -0.05) is 29.4 Å². The first kappa shape index (κ1) is 14.9. The summed E-state index contributed by atoms with van der Waals surface area (Å²) in [6.07, 6.45) is 9.12. The second kappa shape index (κ2) is 5.32. The number of hydrogen-bond donors (Lipinski definition) is 0. The molecule has 2 bridgehead atoms. The Labute approximate surface area is 147 Å². The fraction of sp³-hybridized carbons (Fsp3) is 0.429. The number of methoxy groups -OCH3 is 1. The molecule has 25 heavy (non-hydrogen) atoms. The monoisotopic (exact) mass is 335 g/mol. The number of fused-ring (bicyclic) bond motifs is 5. The predicted molar refractivity (Wildman–Crippen MR) is 94.1 cm³/mol. The van der Waals surface area contributed by atoms with E-state index < -0.39 is 0 Å². The fourth-order valence-electron chi connectivity index (χ4n) is 5.33. The van der Waals surface area contributed by atoms with Gasteiger partial charge in [0.1, 0.15) is 5.75 Å². The molecule has 2 saturated carbocycles. The third-order valence-corrected chi connectivity index (χ3v) is 6.34. The van der Waals surface area contributed by atoms with Crippen LogP contribution in [0, 0.1) is 23.7 Å². The summed E-state index contributed by atoms with van der Waals surface area (Å²) < 4.78 is 5.25. The van der Waals surface area contributed by atoms with Crippen LogP contribution >= 0.6 is 0 Å². The highest BCUT2D eigenvalue weighted by Gasteiger charge is 2.62. The van der Waals surface area contributed by atoms with E-state index in [1.54, 1.807) is 13.2 Å². The second-order valence-electron chi connectivity index (χ2n) is 7.47. The zero-order chi connectivity index (χ0) is 17.1. The molecule has 0 aromatic heterocycles. The van der Waals surface area contributed by atoms with Crippen LogP contribution in [-0.4, -0.2) is 18.9 Å². The highest BCUT2D eigenvalue weighted by molar-refractivity contribution is 6.23. The van der Waals surface area contributed by atoms with E-state index in [9.17, 15) is 9.59 Å². The molecule has 0 radical (unpaired) electrons. The summed E-state index contributed by atoms with van der Waals surface area (Å²) in [7, 11) is 1.59. The van der Waals surface area contributed by atoms with Crippen molar-refractivity contribution in [1.82, 2.24) is 0 Å². The highest BCUT2D eigenvalue weighted by Crippen LogP contribution is 2.58. The number of carbonyl (C=O) groups is 2. The van der Waals surface area contributed by atoms with Crippen LogP contribution in [0.4, 0.5) is 5.69 Å². The smallest absolute Gasteiger partial charge is 0.238 e. The summed E-state index contributed by atoms with van der Waals surface area (Å²) in [6.45, 7) is 0. The molecule has 4 atom stereocenters. The summed E-state index contributed by atoms with van der Waals surface area (Å²) in [4.78, 5) is 27.7. The number of anilines is 1. The Morgan fingerprint density at radius 3 is 2.24 bits per heavy atom. The summed E-state index contributed by atoms with van der Waals surface area (Å²) in [5.74, 6) is 0.413. The van der Waals surface area contributed by atoms with E-state index in [4.69, 9.17) is 4.74 Å². The van der Waals surface area contributed by atoms with Crippen molar-refractivity contribution < 1.29 is 14.3 Å². The maximum atomic E-state index is 13.2. The van der Waals surface area contributed by atoms with E-state index in [0.29, 0.717) is 11.4 Å². The third-order valence-electron chi connectivity index (χ3n) is 6.34. The fourth-order valence-corrected chi connectivity index (χ4v) is 5.33. The molecule has 5 rings (SSSR count). The number of imide groups is 1. The lowest BCUT2D eigenvalue weighted by Crippen LogP contribution is -2.33. The van der Waals surface area contributed by atoms with Crippen LogP contribution in [0.25, 0.3) is 0 Å². The van der Waals surface area contributed by atoms with E-state index in [1.165, 1.54) is 28.9 Å². The number of allylic oxidation sites excluding steroid dienone is 4. The van der Waals surface area contributed by atoms with Gasteiger partial charge in [0.15, 0.2) is 0 Å². The molecule has 0 N–H and O–H groups in total. The maximum absolute atomic E-state index is 13.2. The van der Waals surface area contributed by atoms with E-state index in [0.717, 1.165) is 12.8 Å². The first-order valence-corrected chi connectivity index (χ1v) is 9.12. The van der Waals surface area contributed by atoms with Crippen LogP contribution in [0.15, 0.2) is 47.6 Å². The summed E-state index contributed by atoms with van der Waals surface area (Å²) >= 11 is 0. The van der Waals surface area contributed by atoms with E-state index in [-0.39, 0.29) is 35.5 Å². The van der Waals surface area contributed by atoms with Crippen molar-refractivity contribution in [1.29, 1.82) is 0 Å². The largest absolute Gasteiger partial charge is 0.497 e. The molecule has 1 heterocycles. The van der Waals surface area contributed by atoms with E-state index >= 15 is 0 Å².